The lowest BCUT2D eigenvalue weighted by molar-refractivity contribution is 0.0697. The highest BCUT2D eigenvalue weighted by Crippen LogP contribution is 2.48. The third-order valence-corrected chi connectivity index (χ3v) is 3.96. The van der Waals surface area contributed by atoms with E-state index in [1.54, 1.807) is 12.1 Å². The van der Waals surface area contributed by atoms with Gasteiger partial charge in [-0.05, 0) is 35.6 Å². The predicted molar refractivity (Wildman–Crippen MR) is 77.0 cm³/mol. The molecule has 0 amide bonds. The van der Waals surface area contributed by atoms with Crippen molar-refractivity contribution in [1.29, 1.82) is 0 Å². The molecular weight excluding hydrogens is 252 g/mol. The highest BCUT2D eigenvalue weighted by Gasteiger charge is 2.31. The van der Waals surface area contributed by atoms with Crippen molar-refractivity contribution in [3.8, 4) is 11.1 Å². The van der Waals surface area contributed by atoms with Crippen molar-refractivity contribution >= 4 is 5.97 Å². The molecule has 1 unspecified atom stereocenters. The van der Waals surface area contributed by atoms with Gasteiger partial charge >= 0.3 is 5.97 Å². The van der Waals surface area contributed by atoms with E-state index in [1.165, 1.54) is 5.56 Å². The zero-order valence-corrected chi connectivity index (χ0v) is 11.0. The van der Waals surface area contributed by atoms with Crippen molar-refractivity contribution in [3.05, 3.63) is 59.2 Å². The molecule has 0 radical (unpaired) electrons. The van der Waals surface area contributed by atoms with E-state index < -0.39 is 5.97 Å². The summed E-state index contributed by atoms with van der Waals surface area (Å²) in [6.07, 6.45) is 1.55. The second-order valence-corrected chi connectivity index (χ2v) is 5.08. The number of carbonyl (C=O) groups is 1. The first-order chi connectivity index (χ1) is 9.74. The summed E-state index contributed by atoms with van der Waals surface area (Å²) < 4.78 is 0. The van der Waals surface area contributed by atoms with Gasteiger partial charge in [-0.25, -0.2) is 4.79 Å². The Hall–Kier alpha value is -2.13. The quantitative estimate of drug-likeness (QED) is 0.894. The van der Waals surface area contributed by atoms with E-state index in [9.17, 15) is 9.90 Å². The Morgan fingerprint density at radius 2 is 1.80 bits per heavy atom. The van der Waals surface area contributed by atoms with Gasteiger partial charge < -0.3 is 10.2 Å². The molecule has 1 atom stereocenters. The van der Waals surface area contributed by atoms with Crippen LogP contribution in [-0.2, 0) is 0 Å². The molecule has 3 heteroatoms. The Morgan fingerprint density at radius 3 is 2.55 bits per heavy atom. The van der Waals surface area contributed by atoms with Crippen LogP contribution in [0, 0.1) is 0 Å². The second kappa shape index (κ2) is 5.10. The largest absolute Gasteiger partial charge is 0.478 e. The minimum absolute atomic E-state index is 0.159. The molecule has 0 aromatic heterocycles. The summed E-state index contributed by atoms with van der Waals surface area (Å²) in [5.41, 5.74) is 4.47. The minimum atomic E-state index is -0.889. The Labute approximate surface area is 117 Å². The van der Waals surface area contributed by atoms with E-state index >= 15 is 0 Å². The van der Waals surface area contributed by atoms with Crippen LogP contribution in [0.5, 0.6) is 0 Å². The summed E-state index contributed by atoms with van der Waals surface area (Å²) in [5.74, 6) is -0.702. The zero-order chi connectivity index (χ0) is 14.1. The molecule has 20 heavy (non-hydrogen) atoms. The third-order valence-electron chi connectivity index (χ3n) is 3.96. The van der Waals surface area contributed by atoms with Crippen LogP contribution in [-0.4, -0.2) is 22.8 Å². The molecule has 1 aliphatic carbocycles. The molecule has 3 nitrogen and oxygen atoms in total. The predicted octanol–water partition coefficient (Wildman–Crippen LogP) is 3.27. The number of aliphatic hydroxyl groups excluding tert-OH is 1. The third kappa shape index (κ3) is 1.91. The normalized spacial score (nSPS) is 15.8. The molecule has 0 spiro atoms. The SMILES string of the molecule is O=C(O)c1cccc2c1-c1ccccc1C2CCCO. The fourth-order valence-electron chi connectivity index (χ4n) is 3.14. The van der Waals surface area contributed by atoms with Crippen molar-refractivity contribution in [2.45, 2.75) is 18.8 Å². The average Bonchev–Trinajstić information content (AvgIpc) is 2.79. The number of carboxylic acids is 1. The van der Waals surface area contributed by atoms with Crippen LogP contribution < -0.4 is 0 Å². The fraction of sp³-hybridized carbons (Fsp3) is 0.235. The number of aliphatic hydroxyl groups is 1. The van der Waals surface area contributed by atoms with Crippen LogP contribution in [0.15, 0.2) is 42.5 Å². The van der Waals surface area contributed by atoms with Crippen LogP contribution >= 0.6 is 0 Å². The number of rotatable bonds is 4. The zero-order valence-electron chi connectivity index (χ0n) is 11.0. The number of hydrogen-bond donors (Lipinski definition) is 2. The number of benzene rings is 2. The Morgan fingerprint density at radius 1 is 1.05 bits per heavy atom. The van der Waals surface area contributed by atoms with Gasteiger partial charge in [-0.2, -0.15) is 0 Å². The maximum atomic E-state index is 11.5. The van der Waals surface area contributed by atoms with Crippen molar-refractivity contribution in [2.24, 2.45) is 0 Å². The number of fused-ring (bicyclic) bond motifs is 3. The van der Waals surface area contributed by atoms with Crippen molar-refractivity contribution in [1.82, 2.24) is 0 Å². The maximum Gasteiger partial charge on any atom is 0.336 e. The van der Waals surface area contributed by atoms with Crippen LogP contribution in [0.4, 0.5) is 0 Å². The van der Waals surface area contributed by atoms with Gasteiger partial charge in [0.15, 0.2) is 0 Å². The lowest BCUT2D eigenvalue weighted by atomic mass is 9.92. The highest BCUT2D eigenvalue weighted by molar-refractivity contribution is 5.99. The molecule has 0 bridgehead atoms. The lowest BCUT2D eigenvalue weighted by Crippen LogP contribution is -2.01. The van der Waals surface area contributed by atoms with Crippen LogP contribution in [0.25, 0.3) is 11.1 Å². The van der Waals surface area contributed by atoms with Crippen molar-refractivity contribution < 1.29 is 15.0 Å². The van der Waals surface area contributed by atoms with E-state index in [4.69, 9.17) is 5.11 Å². The summed E-state index contributed by atoms with van der Waals surface area (Å²) in [4.78, 5) is 11.5. The average molecular weight is 268 g/mol. The molecule has 3 rings (SSSR count). The second-order valence-electron chi connectivity index (χ2n) is 5.08. The molecule has 2 N–H and O–H groups in total. The van der Waals surface area contributed by atoms with Crippen molar-refractivity contribution in [3.63, 3.8) is 0 Å². The highest BCUT2D eigenvalue weighted by atomic mass is 16.4. The molecule has 2 aromatic carbocycles. The Bertz CT molecular complexity index is 661. The van der Waals surface area contributed by atoms with E-state index in [-0.39, 0.29) is 12.5 Å². The van der Waals surface area contributed by atoms with Gasteiger partial charge in [0.2, 0.25) is 0 Å². The monoisotopic (exact) mass is 268 g/mol. The molecule has 0 saturated heterocycles. The summed E-state index contributed by atoms with van der Waals surface area (Å²) in [7, 11) is 0. The molecule has 2 aromatic rings. The van der Waals surface area contributed by atoms with E-state index in [0.29, 0.717) is 5.56 Å². The smallest absolute Gasteiger partial charge is 0.336 e. The minimum Gasteiger partial charge on any atom is -0.478 e. The lowest BCUT2D eigenvalue weighted by Gasteiger charge is -2.12. The van der Waals surface area contributed by atoms with Gasteiger partial charge in [0, 0.05) is 18.1 Å². The van der Waals surface area contributed by atoms with Gasteiger partial charge in [0.25, 0.3) is 0 Å². The maximum absolute atomic E-state index is 11.5. The van der Waals surface area contributed by atoms with Crippen LogP contribution in [0.3, 0.4) is 0 Å². The van der Waals surface area contributed by atoms with Gasteiger partial charge in [-0.1, -0.05) is 36.4 Å². The van der Waals surface area contributed by atoms with Crippen LogP contribution in [0.1, 0.15) is 40.2 Å². The van der Waals surface area contributed by atoms with E-state index in [0.717, 1.165) is 29.5 Å². The first-order valence-electron chi connectivity index (χ1n) is 6.80. The van der Waals surface area contributed by atoms with E-state index in [2.05, 4.69) is 6.07 Å². The molecule has 1 aliphatic rings. The standard InChI is InChI=1S/C17H16O3/c18-10-4-9-12-11-5-1-2-6-13(11)16-14(12)7-3-8-15(16)17(19)20/h1-3,5-8,12,18H,4,9-10H2,(H,19,20). The molecule has 0 heterocycles. The fourth-order valence-corrected chi connectivity index (χ4v) is 3.14. The van der Waals surface area contributed by atoms with Gasteiger partial charge in [0.05, 0.1) is 5.56 Å². The molecular formula is C17H16O3. The van der Waals surface area contributed by atoms with Crippen molar-refractivity contribution in [2.75, 3.05) is 6.61 Å². The van der Waals surface area contributed by atoms with Crippen LogP contribution in [0.2, 0.25) is 0 Å². The Balaban J connectivity index is 2.20. The topological polar surface area (TPSA) is 57.5 Å². The first-order valence-corrected chi connectivity index (χ1v) is 6.80. The molecule has 0 fully saturated rings. The number of carboxylic acid groups (broad SMARTS) is 1. The molecule has 102 valence electrons. The summed E-state index contributed by atoms with van der Waals surface area (Å²) in [6, 6.07) is 13.4. The number of hydrogen-bond acceptors (Lipinski definition) is 2. The van der Waals surface area contributed by atoms with Gasteiger partial charge in [-0.15, -0.1) is 0 Å². The summed E-state index contributed by atoms with van der Waals surface area (Å²) in [5, 5.41) is 18.5. The van der Waals surface area contributed by atoms with Gasteiger partial charge in [0.1, 0.15) is 0 Å². The summed E-state index contributed by atoms with van der Waals surface area (Å²) in [6.45, 7) is 0.159. The summed E-state index contributed by atoms with van der Waals surface area (Å²) >= 11 is 0. The number of aromatic carboxylic acids is 1. The van der Waals surface area contributed by atoms with Gasteiger partial charge in [-0.3, -0.25) is 0 Å². The molecule has 0 saturated carbocycles. The Kier molecular flexibility index (Phi) is 3.28. The van der Waals surface area contributed by atoms with E-state index in [1.807, 2.05) is 24.3 Å². The molecule has 0 aliphatic heterocycles. The first kappa shape index (κ1) is 12.9.